The minimum atomic E-state index is 0.667. The van der Waals surface area contributed by atoms with Crippen molar-refractivity contribution in [3.8, 4) is 11.3 Å². The van der Waals surface area contributed by atoms with E-state index in [1.54, 1.807) is 23.9 Å². The lowest BCUT2D eigenvalue weighted by molar-refractivity contribution is 1.14. The van der Waals surface area contributed by atoms with Crippen molar-refractivity contribution in [3.05, 3.63) is 41.4 Å². The summed E-state index contributed by atoms with van der Waals surface area (Å²) < 4.78 is 0. The number of halogens is 1. The molecule has 4 heteroatoms. The molecule has 82 valence electrons. The van der Waals surface area contributed by atoms with Gasteiger partial charge in [-0.3, -0.25) is 0 Å². The zero-order valence-electron chi connectivity index (χ0n) is 8.77. The van der Waals surface area contributed by atoms with E-state index in [9.17, 15) is 0 Å². The number of hydrogen-bond donors (Lipinski definition) is 1. The largest absolute Gasteiger partial charge is 0.399 e. The molecule has 0 saturated carbocycles. The minimum absolute atomic E-state index is 0.667. The van der Waals surface area contributed by atoms with Crippen molar-refractivity contribution >= 4 is 29.1 Å². The summed E-state index contributed by atoms with van der Waals surface area (Å²) in [6, 6.07) is 11.3. The first kappa shape index (κ1) is 11.3. The molecule has 0 aliphatic carbocycles. The molecular formula is C12H11ClN2S. The van der Waals surface area contributed by atoms with Crippen LogP contribution in [0.1, 0.15) is 0 Å². The molecule has 2 nitrogen and oxygen atoms in total. The van der Waals surface area contributed by atoms with Gasteiger partial charge < -0.3 is 5.73 Å². The Morgan fingerprint density at radius 3 is 2.81 bits per heavy atom. The van der Waals surface area contributed by atoms with Gasteiger partial charge in [-0.05, 0) is 36.6 Å². The van der Waals surface area contributed by atoms with E-state index >= 15 is 0 Å². The van der Waals surface area contributed by atoms with Crippen molar-refractivity contribution in [2.24, 2.45) is 0 Å². The number of anilines is 1. The van der Waals surface area contributed by atoms with Crippen LogP contribution in [0.4, 0.5) is 5.69 Å². The summed E-state index contributed by atoms with van der Waals surface area (Å²) in [5.41, 5.74) is 8.16. The number of benzene rings is 1. The van der Waals surface area contributed by atoms with Gasteiger partial charge in [0.25, 0.3) is 0 Å². The van der Waals surface area contributed by atoms with E-state index in [0.29, 0.717) is 10.7 Å². The second kappa shape index (κ2) is 4.76. The Morgan fingerprint density at radius 2 is 2.06 bits per heavy atom. The van der Waals surface area contributed by atoms with Crippen LogP contribution in [-0.2, 0) is 0 Å². The van der Waals surface area contributed by atoms with E-state index in [-0.39, 0.29) is 0 Å². The van der Waals surface area contributed by atoms with E-state index < -0.39 is 0 Å². The maximum absolute atomic E-state index is 6.12. The van der Waals surface area contributed by atoms with Gasteiger partial charge in [-0.15, -0.1) is 11.8 Å². The summed E-state index contributed by atoms with van der Waals surface area (Å²) in [6.45, 7) is 0. The van der Waals surface area contributed by atoms with Crippen molar-refractivity contribution < 1.29 is 0 Å². The smallest absolute Gasteiger partial charge is 0.0964 e. The van der Waals surface area contributed by atoms with E-state index in [1.807, 2.05) is 30.5 Å². The lowest BCUT2D eigenvalue weighted by Crippen LogP contribution is -1.89. The highest BCUT2D eigenvalue weighted by molar-refractivity contribution is 7.98. The predicted molar refractivity (Wildman–Crippen MR) is 70.9 cm³/mol. The molecule has 0 spiro atoms. The van der Waals surface area contributed by atoms with Gasteiger partial charge in [-0.2, -0.15) is 0 Å². The first-order chi connectivity index (χ1) is 7.70. The van der Waals surface area contributed by atoms with Crippen molar-refractivity contribution in [2.45, 2.75) is 5.03 Å². The zero-order chi connectivity index (χ0) is 11.5. The fourth-order valence-electron chi connectivity index (χ4n) is 1.42. The van der Waals surface area contributed by atoms with E-state index in [4.69, 9.17) is 17.3 Å². The summed E-state index contributed by atoms with van der Waals surface area (Å²) in [7, 11) is 0. The first-order valence-electron chi connectivity index (χ1n) is 4.77. The highest BCUT2D eigenvalue weighted by Gasteiger charge is 2.05. The van der Waals surface area contributed by atoms with Gasteiger partial charge in [0.1, 0.15) is 0 Å². The SMILES string of the molecule is CSc1cccc(-c2cc(N)ccc2Cl)n1. The van der Waals surface area contributed by atoms with Crippen LogP contribution in [0.25, 0.3) is 11.3 Å². The van der Waals surface area contributed by atoms with Crippen molar-refractivity contribution in [1.29, 1.82) is 0 Å². The van der Waals surface area contributed by atoms with Crippen LogP contribution in [0, 0.1) is 0 Å². The average Bonchev–Trinajstić information content (AvgIpc) is 2.32. The van der Waals surface area contributed by atoms with Gasteiger partial charge in [-0.25, -0.2) is 4.98 Å². The summed E-state index contributed by atoms with van der Waals surface area (Å²) in [6.07, 6.45) is 1.99. The Kier molecular flexibility index (Phi) is 3.36. The molecule has 0 fully saturated rings. The fraction of sp³-hybridized carbons (Fsp3) is 0.0833. The van der Waals surface area contributed by atoms with Gasteiger partial charge in [0.05, 0.1) is 15.7 Å². The molecule has 0 atom stereocenters. The molecule has 2 rings (SSSR count). The van der Waals surface area contributed by atoms with Gasteiger partial charge >= 0.3 is 0 Å². The van der Waals surface area contributed by atoms with E-state index in [2.05, 4.69) is 4.98 Å². The van der Waals surface area contributed by atoms with Crippen LogP contribution in [0.5, 0.6) is 0 Å². The average molecular weight is 251 g/mol. The Hall–Kier alpha value is -1.19. The topological polar surface area (TPSA) is 38.9 Å². The molecule has 0 aliphatic rings. The Labute approximate surface area is 104 Å². The molecule has 0 saturated heterocycles. The number of rotatable bonds is 2. The molecule has 0 radical (unpaired) electrons. The quantitative estimate of drug-likeness (QED) is 0.652. The van der Waals surface area contributed by atoms with Gasteiger partial charge in [0.15, 0.2) is 0 Å². The Balaban J connectivity index is 2.53. The van der Waals surface area contributed by atoms with Crippen LogP contribution < -0.4 is 5.73 Å². The van der Waals surface area contributed by atoms with Crippen LogP contribution >= 0.6 is 23.4 Å². The predicted octanol–water partition coefficient (Wildman–Crippen LogP) is 3.71. The molecule has 1 aromatic carbocycles. The summed E-state index contributed by atoms with van der Waals surface area (Å²) >= 11 is 7.73. The molecule has 0 amide bonds. The van der Waals surface area contributed by atoms with Crippen molar-refractivity contribution in [3.63, 3.8) is 0 Å². The minimum Gasteiger partial charge on any atom is -0.399 e. The monoisotopic (exact) mass is 250 g/mol. The molecular weight excluding hydrogens is 240 g/mol. The molecule has 1 aromatic heterocycles. The number of pyridine rings is 1. The maximum Gasteiger partial charge on any atom is 0.0964 e. The molecule has 2 aromatic rings. The maximum atomic E-state index is 6.12. The van der Waals surface area contributed by atoms with Crippen LogP contribution in [0.3, 0.4) is 0 Å². The zero-order valence-corrected chi connectivity index (χ0v) is 10.3. The van der Waals surface area contributed by atoms with E-state index in [0.717, 1.165) is 16.3 Å². The Morgan fingerprint density at radius 1 is 1.25 bits per heavy atom. The second-order valence-corrected chi connectivity index (χ2v) is 4.54. The summed E-state index contributed by atoms with van der Waals surface area (Å²) in [4.78, 5) is 4.49. The number of hydrogen-bond acceptors (Lipinski definition) is 3. The van der Waals surface area contributed by atoms with Crippen LogP contribution in [-0.4, -0.2) is 11.2 Å². The number of nitrogen functional groups attached to an aromatic ring is 1. The fourth-order valence-corrected chi connectivity index (χ4v) is 2.04. The van der Waals surface area contributed by atoms with E-state index in [1.165, 1.54) is 0 Å². The number of nitrogens with zero attached hydrogens (tertiary/aromatic N) is 1. The molecule has 16 heavy (non-hydrogen) atoms. The van der Waals surface area contributed by atoms with Gasteiger partial charge in [-0.1, -0.05) is 17.7 Å². The molecule has 0 bridgehead atoms. The third kappa shape index (κ3) is 2.31. The third-order valence-electron chi connectivity index (χ3n) is 2.20. The summed E-state index contributed by atoms with van der Waals surface area (Å²) in [5.74, 6) is 0. The molecule has 0 aliphatic heterocycles. The Bertz CT molecular complexity index is 514. The molecule has 2 N–H and O–H groups in total. The third-order valence-corrected chi connectivity index (χ3v) is 3.17. The lowest BCUT2D eigenvalue weighted by Gasteiger charge is -2.06. The van der Waals surface area contributed by atoms with Crippen LogP contribution in [0.2, 0.25) is 5.02 Å². The normalized spacial score (nSPS) is 10.4. The summed E-state index contributed by atoms with van der Waals surface area (Å²) in [5, 5.41) is 1.64. The number of thioether (sulfide) groups is 1. The van der Waals surface area contributed by atoms with Crippen molar-refractivity contribution in [1.82, 2.24) is 4.98 Å². The van der Waals surface area contributed by atoms with Gasteiger partial charge in [0.2, 0.25) is 0 Å². The molecule has 0 unspecified atom stereocenters. The lowest BCUT2D eigenvalue weighted by atomic mass is 10.1. The van der Waals surface area contributed by atoms with Crippen LogP contribution in [0.15, 0.2) is 41.4 Å². The molecule has 1 heterocycles. The first-order valence-corrected chi connectivity index (χ1v) is 6.37. The van der Waals surface area contributed by atoms with Crippen molar-refractivity contribution in [2.75, 3.05) is 12.0 Å². The highest BCUT2D eigenvalue weighted by atomic mass is 35.5. The highest BCUT2D eigenvalue weighted by Crippen LogP contribution is 2.29. The standard InChI is InChI=1S/C12H11ClN2S/c1-16-12-4-2-3-11(15-12)9-7-8(14)5-6-10(9)13/h2-7H,14H2,1H3. The second-order valence-electron chi connectivity index (χ2n) is 3.30. The number of aromatic nitrogens is 1. The number of nitrogens with two attached hydrogens (primary N) is 1. The van der Waals surface area contributed by atoms with Gasteiger partial charge in [0, 0.05) is 11.3 Å².